The van der Waals surface area contributed by atoms with Gasteiger partial charge in [-0.1, -0.05) is 16.8 Å². The predicted octanol–water partition coefficient (Wildman–Crippen LogP) is 2.69. The summed E-state index contributed by atoms with van der Waals surface area (Å²) in [6.45, 7) is 1.03. The molecule has 1 saturated heterocycles. The molecule has 0 saturated carbocycles. The van der Waals surface area contributed by atoms with Crippen LogP contribution in [0.15, 0.2) is 22.7 Å². The van der Waals surface area contributed by atoms with Crippen molar-refractivity contribution in [3.8, 4) is 11.5 Å². The Bertz CT molecular complexity index is 618. The summed E-state index contributed by atoms with van der Waals surface area (Å²) in [7, 11) is 2.08. The van der Waals surface area contributed by atoms with Gasteiger partial charge in [0.15, 0.2) is 5.82 Å². The SMILES string of the molecule is CN1CCSCC1c1noc(-c2ccc(N)cc2Cl)n1. The third kappa shape index (κ3) is 2.63. The van der Waals surface area contributed by atoms with Crippen LogP contribution < -0.4 is 5.73 Å². The van der Waals surface area contributed by atoms with E-state index >= 15 is 0 Å². The number of hydrogen-bond acceptors (Lipinski definition) is 6. The number of halogens is 1. The van der Waals surface area contributed by atoms with Crippen molar-refractivity contribution in [2.24, 2.45) is 0 Å². The monoisotopic (exact) mass is 310 g/mol. The maximum atomic E-state index is 6.17. The summed E-state index contributed by atoms with van der Waals surface area (Å²) < 4.78 is 5.35. The molecule has 0 amide bonds. The highest BCUT2D eigenvalue weighted by Gasteiger charge is 2.26. The van der Waals surface area contributed by atoms with Crippen molar-refractivity contribution < 1.29 is 4.52 Å². The van der Waals surface area contributed by atoms with E-state index in [2.05, 4.69) is 22.1 Å². The number of benzene rings is 1. The molecule has 1 aliphatic heterocycles. The van der Waals surface area contributed by atoms with Gasteiger partial charge in [0.25, 0.3) is 5.89 Å². The van der Waals surface area contributed by atoms with Crippen LogP contribution in [-0.4, -0.2) is 40.1 Å². The van der Waals surface area contributed by atoms with Crippen LogP contribution in [0.25, 0.3) is 11.5 Å². The fourth-order valence-corrected chi connectivity index (χ4v) is 3.62. The zero-order chi connectivity index (χ0) is 14.1. The molecule has 2 heterocycles. The Kier molecular flexibility index (Phi) is 3.87. The molecule has 0 spiro atoms. The van der Waals surface area contributed by atoms with Crippen molar-refractivity contribution in [3.05, 3.63) is 29.0 Å². The number of hydrogen-bond donors (Lipinski definition) is 1. The number of nitrogens with zero attached hydrogens (tertiary/aromatic N) is 3. The number of nitrogen functional groups attached to an aromatic ring is 1. The number of nitrogens with two attached hydrogens (primary N) is 1. The highest BCUT2D eigenvalue weighted by molar-refractivity contribution is 7.99. The molecule has 1 fully saturated rings. The average molecular weight is 311 g/mol. The summed E-state index contributed by atoms with van der Waals surface area (Å²) >= 11 is 8.07. The van der Waals surface area contributed by atoms with E-state index in [1.54, 1.807) is 18.2 Å². The lowest BCUT2D eigenvalue weighted by atomic mass is 10.2. The van der Waals surface area contributed by atoms with Gasteiger partial charge in [-0.2, -0.15) is 16.7 Å². The Labute approximate surface area is 126 Å². The molecular formula is C13H15ClN4OS. The topological polar surface area (TPSA) is 68.2 Å². The van der Waals surface area contributed by atoms with Crippen LogP contribution in [0.3, 0.4) is 0 Å². The van der Waals surface area contributed by atoms with E-state index < -0.39 is 0 Å². The van der Waals surface area contributed by atoms with Crippen molar-refractivity contribution in [2.45, 2.75) is 6.04 Å². The van der Waals surface area contributed by atoms with E-state index in [1.165, 1.54) is 0 Å². The standard InChI is InChI=1S/C13H15ClN4OS/c1-18-4-5-20-7-11(18)12-16-13(19-17-12)9-3-2-8(15)6-10(9)14/h2-3,6,11H,4-5,7,15H2,1H3. The van der Waals surface area contributed by atoms with E-state index in [0.717, 1.165) is 18.1 Å². The molecule has 0 bridgehead atoms. The number of rotatable bonds is 2. The molecule has 7 heteroatoms. The molecule has 106 valence electrons. The molecule has 2 aromatic rings. The van der Waals surface area contributed by atoms with Gasteiger partial charge in [0.05, 0.1) is 16.6 Å². The summed E-state index contributed by atoms with van der Waals surface area (Å²) in [6.07, 6.45) is 0. The largest absolute Gasteiger partial charge is 0.399 e. The molecule has 1 aliphatic rings. The average Bonchev–Trinajstić information content (AvgIpc) is 2.88. The molecule has 3 rings (SSSR count). The first kappa shape index (κ1) is 13.7. The van der Waals surface area contributed by atoms with Crippen LogP contribution in [-0.2, 0) is 0 Å². The van der Waals surface area contributed by atoms with Gasteiger partial charge >= 0.3 is 0 Å². The van der Waals surface area contributed by atoms with Crippen molar-refractivity contribution in [3.63, 3.8) is 0 Å². The molecular weight excluding hydrogens is 296 g/mol. The van der Waals surface area contributed by atoms with Crippen LogP contribution in [0, 0.1) is 0 Å². The lowest BCUT2D eigenvalue weighted by Gasteiger charge is -2.29. The lowest BCUT2D eigenvalue weighted by Crippen LogP contribution is -2.33. The van der Waals surface area contributed by atoms with Crippen LogP contribution in [0.4, 0.5) is 5.69 Å². The smallest absolute Gasteiger partial charge is 0.259 e. The summed E-state index contributed by atoms with van der Waals surface area (Å²) in [5.74, 6) is 3.27. The molecule has 2 N–H and O–H groups in total. The van der Waals surface area contributed by atoms with Gasteiger partial charge in [-0.15, -0.1) is 0 Å². The second-order valence-corrected chi connectivity index (χ2v) is 6.33. The molecule has 1 unspecified atom stereocenters. The minimum Gasteiger partial charge on any atom is -0.399 e. The lowest BCUT2D eigenvalue weighted by molar-refractivity contribution is 0.257. The molecule has 0 aliphatic carbocycles. The van der Waals surface area contributed by atoms with E-state index in [9.17, 15) is 0 Å². The van der Waals surface area contributed by atoms with E-state index in [-0.39, 0.29) is 6.04 Å². The van der Waals surface area contributed by atoms with Gasteiger partial charge in [-0.05, 0) is 25.2 Å². The Balaban J connectivity index is 1.89. The van der Waals surface area contributed by atoms with Gasteiger partial charge in [0.1, 0.15) is 0 Å². The third-order valence-corrected chi connectivity index (χ3v) is 4.69. The summed E-state index contributed by atoms with van der Waals surface area (Å²) in [5.41, 5.74) is 7.01. The molecule has 0 radical (unpaired) electrons. The van der Waals surface area contributed by atoms with Crippen LogP contribution in [0.5, 0.6) is 0 Å². The first-order valence-electron chi connectivity index (χ1n) is 6.32. The van der Waals surface area contributed by atoms with Crippen molar-refractivity contribution in [2.75, 3.05) is 30.8 Å². The van der Waals surface area contributed by atoms with Crippen molar-refractivity contribution in [1.29, 1.82) is 0 Å². The Morgan fingerprint density at radius 1 is 1.50 bits per heavy atom. The molecule has 1 aromatic heterocycles. The first-order valence-corrected chi connectivity index (χ1v) is 7.85. The molecule has 20 heavy (non-hydrogen) atoms. The van der Waals surface area contributed by atoms with Gasteiger partial charge in [-0.25, -0.2) is 0 Å². The van der Waals surface area contributed by atoms with E-state index in [4.69, 9.17) is 21.9 Å². The Hall–Kier alpha value is -1.24. The number of anilines is 1. The van der Waals surface area contributed by atoms with Crippen LogP contribution in [0.2, 0.25) is 5.02 Å². The fourth-order valence-electron chi connectivity index (χ4n) is 2.14. The van der Waals surface area contributed by atoms with E-state index in [0.29, 0.717) is 28.0 Å². The van der Waals surface area contributed by atoms with Crippen molar-refractivity contribution >= 4 is 29.1 Å². The van der Waals surface area contributed by atoms with Gasteiger partial charge in [0, 0.05) is 23.7 Å². The quantitative estimate of drug-likeness (QED) is 0.860. The van der Waals surface area contributed by atoms with E-state index in [1.807, 2.05) is 11.8 Å². The van der Waals surface area contributed by atoms with Crippen LogP contribution in [0.1, 0.15) is 11.9 Å². The number of aromatic nitrogens is 2. The Morgan fingerprint density at radius 3 is 3.10 bits per heavy atom. The Morgan fingerprint density at radius 2 is 2.35 bits per heavy atom. The minimum atomic E-state index is 0.193. The van der Waals surface area contributed by atoms with Gasteiger partial charge < -0.3 is 10.3 Å². The second kappa shape index (κ2) is 5.63. The minimum absolute atomic E-state index is 0.193. The maximum absolute atomic E-state index is 6.17. The zero-order valence-corrected chi connectivity index (χ0v) is 12.6. The van der Waals surface area contributed by atoms with Gasteiger partial charge in [-0.3, -0.25) is 4.90 Å². The maximum Gasteiger partial charge on any atom is 0.259 e. The summed E-state index contributed by atoms with van der Waals surface area (Å²) in [4.78, 5) is 6.73. The highest BCUT2D eigenvalue weighted by Crippen LogP contribution is 2.31. The molecule has 1 atom stereocenters. The fraction of sp³-hybridized carbons (Fsp3) is 0.385. The van der Waals surface area contributed by atoms with Gasteiger partial charge in [0.2, 0.25) is 0 Å². The molecule has 1 aromatic carbocycles. The summed E-state index contributed by atoms with van der Waals surface area (Å²) in [5, 5.41) is 4.62. The van der Waals surface area contributed by atoms with Crippen LogP contribution >= 0.6 is 23.4 Å². The molecule has 5 nitrogen and oxygen atoms in total. The normalized spacial score (nSPS) is 20.2. The summed E-state index contributed by atoms with van der Waals surface area (Å²) in [6, 6.07) is 5.45. The highest BCUT2D eigenvalue weighted by atomic mass is 35.5. The third-order valence-electron chi connectivity index (χ3n) is 3.36. The first-order chi connectivity index (χ1) is 9.65. The zero-order valence-electron chi connectivity index (χ0n) is 11.0. The van der Waals surface area contributed by atoms with Crippen molar-refractivity contribution in [1.82, 2.24) is 15.0 Å². The predicted molar refractivity (Wildman–Crippen MR) is 81.9 cm³/mol. The number of thioether (sulfide) groups is 1. The second-order valence-electron chi connectivity index (χ2n) is 4.77.